The quantitative estimate of drug-likeness (QED) is 0.899. The molecule has 0 bridgehead atoms. The van der Waals surface area contributed by atoms with Crippen molar-refractivity contribution in [2.24, 2.45) is 0 Å². The highest BCUT2D eigenvalue weighted by Crippen LogP contribution is 2.34. The van der Waals surface area contributed by atoms with Gasteiger partial charge in [-0.3, -0.25) is 4.98 Å². The summed E-state index contributed by atoms with van der Waals surface area (Å²) in [4.78, 5) is 4.49. The largest absolute Gasteiger partial charge is 0.314 e. The smallest absolute Gasteiger partial charge is 0.0704 e. The molecule has 1 saturated carbocycles. The number of nitrogens with one attached hydrogen (secondary N) is 1. The molecule has 0 amide bonds. The Kier molecular flexibility index (Phi) is 3.79. The van der Waals surface area contributed by atoms with Crippen LogP contribution >= 0.6 is 0 Å². The van der Waals surface area contributed by atoms with Gasteiger partial charge in [0.25, 0.3) is 0 Å². The molecule has 100 valence electrons. The molecular formula is C17H22N2. The zero-order chi connectivity index (χ0) is 13.1. The molecule has 1 heterocycles. The first-order valence-electron chi connectivity index (χ1n) is 7.46. The summed E-state index contributed by atoms with van der Waals surface area (Å²) in [5.41, 5.74) is 2.58. The highest BCUT2D eigenvalue weighted by atomic mass is 14.9. The number of likely N-dealkylation sites (N-methyl/N-ethyl adjacent to an activating group) is 1. The summed E-state index contributed by atoms with van der Waals surface area (Å²) in [6.45, 7) is 3.26. The third kappa shape index (κ3) is 2.64. The molecule has 0 saturated heterocycles. The fourth-order valence-corrected chi connectivity index (χ4v) is 3.35. The van der Waals surface area contributed by atoms with E-state index in [2.05, 4.69) is 41.5 Å². The number of benzene rings is 1. The molecule has 19 heavy (non-hydrogen) atoms. The van der Waals surface area contributed by atoms with E-state index in [0.717, 1.165) is 12.1 Å². The van der Waals surface area contributed by atoms with Gasteiger partial charge in [-0.1, -0.05) is 38.0 Å². The Bertz CT molecular complexity index is 548. The number of hydrogen-bond acceptors (Lipinski definition) is 2. The molecule has 1 aromatic carbocycles. The molecule has 2 heteroatoms. The van der Waals surface area contributed by atoms with Gasteiger partial charge in [0, 0.05) is 17.6 Å². The normalized spacial score (nSPS) is 23.6. The average Bonchev–Trinajstić information content (AvgIpc) is 2.48. The van der Waals surface area contributed by atoms with Crippen LogP contribution in [0.4, 0.5) is 0 Å². The van der Waals surface area contributed by atoms with Gasteiger partial charge in [-0.05, 0) is 43.0 Å². The van der Waals surface area contributed by atoms with E-state index in [0.29, 0.717) is 12.0 Å². The van der Waals surface area contributed by atoms with Crippen LogP contribution in [0.25, 0.3) is 10.9 Å². The van der Waals surface area contributed by atoms with Gasteiger partial charge >= 0.3 is 0 Å². The molecule has 2 unspecified atom stereocenters. The summed E-state index contributed by atoms with van der Waals surface area (Å²) in [7, 11) is 0. The lowest BCUT2D eigenvalue weighted by Crippen LogP contribution is -2.37. The van der Waals surface area contributed by atoms with Crippen molar-refractivity contribution in [3.63, 3.8) is 0 Å². The predicted molar refractivity (Wildman–Crippen MR) is 80.4 cm³/mol. The third-order valence-corrected chi connectivity index (χ3v) is 4.29. The van der Waals surface area contributed by atoms with Crippen molar-refractivity contribution < 1.29 is 0 Å². The topological polar surface area (TPSA) is 24.9 Å². The molecule has 0 spiro atoms. The molecule has 1 aliphatic rings. The summed E-state index contributed by atoms with van der Waals surface area (Å²) in [6.07, 6.45) is 7.20. The Balaban J connectivity index is 1.92. The summed E-state index contributed by atoms with van der Waals surface area (Å²) in [6, 6.07) is 11.6. The molecule has 0 aliphatic heterocycles. The highest BCUT2D eigenvalue weighted by Gasteiger charge is 2.25. The van der Waals surface area contributed by atoms with Crippen molar-refractivity contribution in [3.8, 4) is 0 Å². The number of nitrogens with zero attached hydrogens (tertiary/aromatic N) is 1. The molecule has 2 atom stereocenters. The first-order valence-corrected chi connectivity index (χ1v) is 7.46. The zero-order valence-corrected chi connectivity index (χ0v) is 11.6. The van der Waals surface area contributed by atoms with E-state index in [4.69, 9.17) is 0 Å². The van der Waals surface area contributed by atoms with Gasteiger partial charge in [0.15, 0.2) is 0 Å². The van der Waals surface area contributed by atoms with Gasteiger partial charge in [0.2, 0.25) is 0 Å². The van der Waals surface area contributed by atoms with Gasteiger partial charge in [0.1, 0.15) is 0 Å². The Morgan fingerprint density at radius 1 is 1.21 bits per heavy atom. The number of rotatable bonds is 3. The maximum Gasteiger partial charge on any atom is 0.0704 e. The summed E-state index contributed by atoms with van der Waals surface area (Å²) < 4.78 is 0. The zero-order valence-electron chi connectivity index (χ0n) is 11.6. The first-order chi connectivity index (χ1) is 9.38. The fourth-order valence-electron chi connectivity index (χ4n) is 3.35. The van der Waals surface area contributed by atoms with E-state index in [1.165, 1.54) is 36.6 Å². The second-order valence-electron chi connectivity index (χ2n) is 5.51. The van der Waals surface area contributed by atoms with Crippen LogP contribution in [0.5, 0.6) is 0 Å². The van der Waals surface area contributed by atoms with Crippen molar-refractivity contribution in [2.45, 2.75) is 44.6 Å². The van der Waals surface area contributed by atoms with E-state index in [1.54, 1.807) is 0 Å². The number of aromatic nitrogens is 1. The lowest BCUT2D eigenvalue weighted by Gasteiger charge is -2.32. The minimum absolute atomic E-state index is 0.639. The van der Waals surface area contributed by atoms with E-state index in [1.807, 2.05) is 12.3 Å². The van der Waals surface area contributed by atoms with Crippen molar-refractivity contribution in [3.05, 3.63) is 42.1 Å². The van der Waals surface area contributed by atoms with Crippen LogP contribution in [0.2, 0.25) is 0 Å². The van der Waals surface area contributed by atoms with Gasteiger partial charge < -0.3 is 5.32 Å². The Morgan fingerprint density at radius 3 is 3.00 bits per heavy atom. The Hall–Kier alpha value is -1.41. The third-order valence-electron chi connectivity index (χ3n) is 4.29. The number of hydrogen-bond donors (Lipinski definition) is 1. The lowest BCUT2D eigenvalue weighted by atomic mass is 9.79. The monoisotopic (exact) mass is 254 g/mol. The first kappa shape index (κ1) is 12.6. The van der Waals surface area contributed by atoms with Gasteiger partial charge in [-0.2, -0.15) is 0 Å². The fraction of sp³-hybridized carbons (Fsp3) is 0.471. The van der Waals surface area contributed by atoms with Gasteiger partial charge in [0.05, 0.1) is 5.52 Å². The van der Waals surface area contributed by atoms with E-state index >= 15 is 0 Å². The van der Waals surface area contributed by atoms with Crippen molar-refractivity contribution >= 4 is 10.9 Å². The van der Waals surface area contributed by atoms with Crippen LogP contribution in [-0.2, 0) is 0 Å². The molecule has 1 aliphatic carbocycles. The van der Waals surface area contributed by atoms with Crippen LogP contribution in [0.3, 0.4) is 0 Å². The van der Waals surface area contributed by atoms with E-state index in [9.17, 15) is 0 Å². The van der Waals surface area contributed by atoms with Crippen molar-refractivity contribution in [2.75, 3.05) is 6.54 Å². The van der Waals surface area contributed by atoms with E-state index < -0.39 is 0 Å². The molecule has 2 nitrogen and oxygen atoms in total. The molecule has 1 aromatic heterocycles. The van der Waals surface area contributed by atoms with E-state index in [-0.39, 0.29) is 0 Å². The Labute approximate surface area is 115 Å². The standard InChI is InChI=1S/C17H22N2/c1-2-18-16-8-4-3-7-15(16)14-10-9-13-6-5-11-19-17(13)12-14/h5-6,9-12,15-16,18H,2-4,7-8H2,1H3. The predicted octanol–water partition coefficient (Wildman–Crippen LogP) is 3.87. The molecule has 0 radical (unpaired) electrons. The number of fused-ring (bicyclic) bond motifs is 1. The second-order valence-corrected chi connectivity index (χ2v) is 5.51. The van der Waals surface area contributed by atoms with Crippen LogP contribution in [0.15, 0.2) is 36.5 Å². The summed E-state index contributed by atoms with van der Waals surface area (Å²) in [5, 5.41) is 4.90. The van der Waals surface area contributed by atoms with Crippen LogP contribution < -0.4 is 5.32 Å². The summed E-state index contributed by atoms with van der Waals surface area (Å²) in [5.74, 6) is 0.653. The molecule has 1 fully saturated rings. The lowest BCUT2D eigenvalue weighted by molar-refractivity contribution is 0.333. The highest BCUT2D eigenvalue weighted by molar-refractivity contribution is 5.79. The SMILES string of the molecule is CCNC1CCCCC1c1ccc2cccnc2c1. The maximum absolute atomic E-state index is 4.49. The van der Waals surface area contributed by atoms with Crippen LogP contribution in [0.1, 0.15) is 44.1 Å². The second kappa shape index (κ2) is 5.70. The van der Waals surface area contributed by atoms with Gasteiger partial charge in [-0.25, -0.2) is 0 Å². The summed E-state index contributed by atoms with van der Waals surface area (Å²) >= 11 is 0. The molecule has 1 N–H and O–H groups in total. The van der Waals surface area contributed by atoms with Gasteiger partial charge in [-0.15, -0.1) is 0 Å². The van der Waals surface area contributed by atoms with Crippen molar-refractivity contribution in [1.82, 2.24) is 10.3 Å². The van der Waals surface area contributed by atoms with Crippen molar-refractivity contribution in [1.29, 1.82) is 0 Å². The maximum atomic E-state index is 4.49. The molecule has 3 rings (SSSR count). The van der Waals surface area contributed by atoms with Crippen LogP contribution in [-0.4, -0.2) is 17.6 Å². The average molecular weight is 254 g/mol. The molecular weight excluding hydrogens is 232 g/mol. The number of pyridine rings is 1. The minimum Gasteiger partial charge on any atom is -0.314 e. The minimum atomic E-state index is 0.639. The Morgan fingerprint density at radius 2 is 2.11 bits per heavy atom. The molecule has 2 aromatic rings. The van der Waals surface area contributed by atoms with Crippen LogP contribution in [0, 0.1) is 0 Å².